The number of thiophene rings is 1. The number of hydrogen-bond donors (Lipinski definition) is 1. The average molecular weight is 873 g/mol. The smallest absolute Gasteiger partial charge is 0.410 e. The standard InChI is InChI=1S/C42H51F2N4O10PS/c1-40(2,3)38(52)55-22-57-59(54,58-23-56-39(53)41(4,5)6)42(43,44)28-10-13-33-26(16-28)19-34(60-33)35(49)46-31-18-25-15-24(25)17-29-11-12-32(48(29)36(31)50)37(51)47-20-27(21-47)30-9-7-8-14-45-30/h7-10,13-14,16,19,24-25,27,29,31-32H,11-12,15,17-18,20-23H2,1-6H3,(H,46,49)/t24-,25+,29-,31+,32+/m1/s1. The van der Waals surface area contributed by atoms with Crippen LogP contribution in [-0.4, -0.2) is 89.2 Å². The van der Waals surface area contributed by atoms with E-state index in [9.17, 15) is 28.5 Å². The molecule has 5 atom stereocenters. The molecule has 3 aromatic rings. The lowest BCUT2D eigenvalue weighted by Gasteiger charge is -2.43. The largest absolute Gasteiger partial charge is 0.438 e. The van der Waals surface area contributed by atoms with Gasteiger partial charge in [-0.1, -0.05) is 12.1 Å². The highest BCUT2D eigenvalue weighted by atomic mass is 32.1. The minimum Gasteiger partial charge on any atom is -0.438 e. The van der Waals surface area contributed by atoms with Crippen LogP contribution in [0.25, 0.3) is 10.1 Å². The van der Waals surface area contributed by atoms with Crippen molar-refractivity contribution in [2.24, 2.45) is 22.7 Å². The Bertz CT molecular complexity index is 2170. The van der Waals surface area contributed by atoms with Gasteiger partial charge in [-0.25, -0.2) is 0 Å². The summed E-state index contributed by atoms with van der Waals surface area (Å²) in [6.07, 6.45) is 5.19. The molecular formula is C42H51F2N4O10PS. The van der Waals surface area contributed by atoms with Gasteiger partial charge in [0.15, 0.2) is 0 Å². The molecule has 3 saturated heterocycles. The van der Waals surface area contributed by atoms with Crippen LogP contribution < -0.4 is 5.32 Å². The lowest BCUT2D eigenvalue weighted by atomic mass is 9.94. The Morgan fingerprint density at radius 3 is 2.15 bits per heavy atom. The molecule has 0 bridgehead atoms. The van der Waals surface area contributed by atoms with Crippen molar-refractivity contribution in [1.29, 1.82) is 0 Å². The van der Waals surface area contributed by atoms with Gasteiger partial charge in [-0.05, 0) is 121 Å². The first-order valence-electron chi connectivity index (χ1n) is 20.1. The number of nitrogens with one attached hydrogen (secondary N) is 1. The van der Waals surface area contributed by atoms with Gasteiger partial charge in [0.2, 0.25) is 25.4 Å². The molecule has 324 valence electrons. The summed E-state index contributed by atoms with van der Waals surface area (Å²) in [6, 6.07) is 8.90. The Kier molecular flexibility index (Phi) is 12.1. The number of halogens is 2. The molecule has 3 amide bonds. The number of likely N-dealkylation sites (tertiary alicyclic amines) is 1. The van der Waals surface area contributed by atoms with E-state index in [0.717, 1.165) is 42.0 Å². The summed E-state index contributed by atoms with van der Waals surface area (Å²) in [6.45, 7) is 7.97. The van der Waals surface area contributed by atoms with Gasteiger partial charge >= 0.3 is 25.2 Å². The minimum absolute atomic E-state index is 0.0923. The highest BCUT2D eigenvalue weighted by molar-refractivity contribution is 7.54. The SMILES string of the molecule is CC(C)(C)C(=O)OCOP(=O)(OCOC(=O)C(C)(C)C)C(F)(F)c1ccc2sc(C(=O)N[C@H]3C[C@@H]4C[C@@H]4C[C@H]4CC[C@@H](C(=O)N5CC(c6ccccn6)C5)N4C3=O)cc2c1. The number of fused-ring (bicyclic) bond motifs is 3. The molecule has 0 spiro atoms. The number of esters is 2. The fourth-order valence-electron chi connectivity index (χ4n) is 7.97. The molecule has 0 radical (unpaired) electrons. The van der Waals surface area contributed by atoms with Gasteiger partial charge < -0.3 is 24.6 Å². The molecule has 7 rings (SSSR count). The first kappa shape index (κ1) is 43.8. The molecule has 3 aliphatic heterocycles. The summed E-state index contributed by atoms with van der Waals surface area (Å²) in [5.41, 5.74) is -6.26. The first-order chi connectivity index (χ1) is 28.2. The third kappa shape index (κ3) is 9.00. The van der Waals surface area contributed by atoms with Crippen molar-refractivity contribution in [1.82, 2.24) is 20.1 Å². The van der Waals surface area contributed by atoms with Crippen LogP contribution in [0.4, 0.5) is 8.78 Å². The normalized spacial score (nSPS) is 23.5. The number of amides is 3. The first-order valence-corrected chi connectivity index (χ1v) is 22.5. The molecule has 2 aromatic heterocycles. The lowest BCUT2D eigenvalue weighted by molar-refractivity contribution is -0.163. The minimum atomic E-state index is -5.57. The van der Waals surface area contributed by atoms with E-state index in [1.807, 2.05) is 18.2 Å². The number of benzene rings is 1. The van der Waals surface area contributed by atoms with Crippen molar-refractivity contribution in [2.75, 3.05) is 26.7 Å². The Labute approximate surface area is 351 Å². The van der Waals surface area contributed by atoms with Gasteiger partial charge in [-0.2, -0.15) is 8.78 Å². The van der Waals surface area contributed by atoms with Crippen LogP contribution >= 0.6 is 18.9 Å². The number of hydrogen-bond acceptors (Lipinski definition) is 12. The number of rotatable bonds is 12. The molecule has 1 aliphatic carbocycles. The molecule has 60 heavy (non-hydrogen) atoms. The second-order valence-electron chi connectivity index (χ2n) is 18.2. The van der Waals surface area contributed by atoms with Crippen molar-refractivity contribution in [3.05, 3.63) is 64.8 Å². The monoisotopic (exact) mass is 872 g/mol. The van der Waals surface area contributed by atoms with Gasteiger partial charge in [0.05, 0.1) is 15.7 Å². The Balaban J connectivity index is 1.06. The number of carbonyl (C=O) groups excluding carboxylic acids is 5. The Hall–Kier alpha value is -4.31. The van der Waals surface area contributed by atoms with Crippen molar-refractivity contribution in [3.63, 3.8) is 0 Å². The van der Waals surface area contributed by atoms with E-state index >= 15 is 8.78 Å². The zero-order chi connectivity index (χ0) is 43.4. The molecule has 4 fully saturated rings. The van der Waals surface area contributed by atoms with E-state index in [1.54, 1.807) is 16.0 Å². The zero-order valence-electron chi connectivity index (χ0n) is 34.5. The van der Waals surface area contributed by atoms with E-state index in [0.29, 0.717) is 43.0 Å². The number of aromatic nitrogens is 1. The van der Waals surface area contributed by atoms with Gasteiger partial charge in [-0.3, -0.25) is 42.6 Å². The van der Waals surface area contributed by atoms with Crippen LogP contribution in [-0.2, 0) is 47.9 Å². The Morgan fingerprint density at radius 2 is 1.53 bits per heavy atom. The van der Waals surface area contributed by atoms with E-state index in [2.05, 4.69) is 10.3 Å². The molecule has 0 unspecified atom stereocenters. The summed E-state index contributed by atoms with van der Waals surface area (Å²) in [7, 11) is -5.57. The number of alkyl halides is 2. The summed E-state index contributed by atoms with van der Waals surface area (Å²) >= 11 is 1.02. The predicted octanol–water partition coefficient (Wildman–Crippen LogP) is 7.18. The van der Waals surface area contributed by atoms with Crippen molar-refractivity contribution in [2.45, 2.75) is 103 Å². The molecule has 1 N–H and O–H groups in total. The highest BCUT2D eigenvalue weighted by Crippen LogP contribution is 2.67. The second-order valence-corrected chi connectivity index (χ2v) is 21.4. The fourth-order valence-corrected chi connectivity index (χ4v) is 10.1. The second kappa shape index (κ2) is 16.5. The quantitative estimate of drug-likeness (QED) is 0.111. The van der Waals surface area contributed by atoms with Gasteiger partial charge in [0.1, 0.15) is 12.1 Å². The molecular weight excluding hydrogens is 822 g/mol. The Morgan fingerprint density at radius 1 is 0.883 bits per heavy atom. The van der Waals surface area contributed by atoms with Crippen LogP contribution in [0.2, 0.25) is 0 Å². The van der Waals surface area contributed by atoms with E-state index in [-0.39, 0.29) is 40.0 Å². The van der Waals surface area contributed by atoms with Gasteiger partial charge in [-0.15, -0.1) is 11.3 Å². The van der Waals surface area contributed by atoms with Crippen LogP contribution in [0.15, 0.2) is 48.7 Å². The van der Waals surface area contributed by atoms with E-state index < -0.39 is 73.2 Å². The van der Waals surface area contributed by atoms with Crippen molar-refractivity contribution in [3.8, 4) is 0 Å². The topological polar surface area (TPSA) is 171 Å². The molecule has 1 saturated carbocycles. The van der Waals surface area contributed by atoms with Crippen molar-refractivity contribution < 1.29 is 55.8 Å². The summed E-state index contributed by atoms with van der Waals surface area (Å²) in [4.78, 5) is 74.7. The predicted molar refractivity (Wildman–Crippen MR) is 216 cm³/mol. The van der Waals surface area contributed by atoms with Crippen LogP contribution in [0.5, 0.6) is 0 Å². The van der Waals surface area contributed by atoms with E-state index in [1.165, 1.54) is 53.7 Å². The maximum absolute atomic E-state index is 16.3. The lowest BCUT2D eigenvalue weighted by Crippen LogP contribution is -2.59. The summed E-state index contributed by atoms with van der Waals surface area (Å²) in [5, 5.41) is 3.13. The molecule has 18 heteroatoms. The third-order valence-electron chi connectivity index (χ3n) is 11.6. The summed E-state index contributed by atoms with van der Waals surface area (Å²) < 4.78 is 66.8. The third-order valence-corrected chi connectivity index (χ3v) is 14.6. The van der Waals surface area contributed by atoms with Crippen LogP contribution in [0.1, 0.15) is 100 Å². The molecule has 1 aromatic carbocycles. The number of carbonyl (C=O) groups is 5. The summed E-state index contributed by atoms with van der Waals surface area (Å²) in [5.74, 6) is -1.77. The number of pyridine rings is 1. The fraction of sp³-hybridized carbons (Fsp3) is 0.571. The molecule has 4 aliphatic rings. The maximum atomic E-state index is 16.3. The van der Waals surface area contributed by atoms with Crippen molar-refractivity contribution >= 4 is 58.7 Å². The van der Waals surface area contributed by atoms with E-state index in [4.69, 9.17) is 18.5 Å². The van der Waals surface area contributed by atoms with Crippen LogP contribution in [0, 0.1) is 22.7 Å². The van der Waals surface area contributed by atoms with Gasteiger partial charge in [0.25, 0.3) is 5.91 Å². The zero-order valence-corrected chi connectivity index (χ0v) is 36.2. The molecule has 14 nitrogen and oxygen atoms in total. The van der Waals surface area contributed by atoms with Crippen LogP contribution in [0.3, 0.4) is 0 Å². The highest BCUT2D eigenvalue weighted by Gasteiger charge is 2.56. The number of nitrogens with zero attached hydrogens (tertiary/aromatic N) is 3. The number of ether oxygens (including phenoxy) is 2. The maximum Gasteiger partial charge on any atom is 0.410 e. The molecule has 5 heterocycles. The average Bonchev–Trinajstić information content (AvgIpc) is 3.52. The van der Waals surface area contributed by atoms with Gasteiger partial charge in [0, 0.05) is 47.2 Å².